The van der Waals surface area contributed by atoms with Gasteiger partial charge in [-0.3, -0.25) is 0 Å². The van der Waals surface area contributed by atoms with E-state index in [0.717, 1.165) is 8.01 Å². The Morgan fingerprint density at radius 3 is 2.26 bits per heavy atom. The van der Waals surface area contributed by atoms with Crippen LogP contribution in [0, 0.1) is 3.14 Å². The van der Waals surface area contributed by atoms with E-state index in [4.69, 9.17) is 26.4 Å². The van der Waals surface area contributed by atoms with Crippen LogP contribution in [0.25, 0.3) is 0 Å². The molecule has 19 heavy (non-hydrogen) atoms. The Kier molecular flexibility index (Phi) is 4.47. The van der Waals surface area contributed by atoms with Crippen LogP contribution in [0.1, 0.15) is 37.4 Å². The van der Waals surface area contributed by atoms with Crippen LogP contribution in [0.2, 0.25) is 0 Å². The van der Waals surface area contributed by atoms with Crippen molar-refractivity contribution in [3.05, 3.63) is 12.9 Å². The van der Waals surface area contributed by atoms with E-state index in [1.54, 1.807) is 0 Å². The zero-order chi connectivity index (χ0) is 14.3. The molecule has 4 nitrogen and oxygen atoms in total. The third-order valence-corrected chi connectivity index (χ3v) is 5.88. The highest BCUT2D eigenvalue weighted by Crippen LogP contribution is 2.53. The van der Waals surface area contributed by atoms with Gasteiger partial charge in [-0.25, -0.2) is 0 Å². The van der Waals surface area contributed by atoms with Gasteiger partial charge in [-0.05, 0) is 27.7 Å². The summed E-state index contributed by atoms with van der Waals surface area (Å²) in [6.07, 6.45) is -0.844. The fourth-order valence-electron chi connectivity index (χ4n) is 2.13. The quantitative estimate of drug-likeness (QED) is 0.665. The second kappa shape index (κ2) is 5.48. The second-order valence-corrected chi connectivity index (χ2v) is 7.89. The Hall–Kier alpha value is 0.110. The molecule has 1 aliphatic rings. The number of hydrogen-bond donors (Lipinski definition) is 1. The summed E-state index contributed by atoms with van der Waals surface area (Å²) in [5, 5.41) is 10.9. The minimum atomic E-state index is -1.58. The van der Waals surface area contributed by atoms with Crippen molar-refractivity contribution < 1.29 is 19.3 Å². The average Bonchev–Trinajstić information content (AvgIpc) is 2.78. The molecule has 2 heterocycles. The summed E-state index contributed by atoms with van der Waals surface area (Å²) in [4.78, 5) is 1.66. The number of ether oxygens (including phenoxy) is 3. The van der Waals surface area contributed by atoms with Crippen molar-refractivity contribution in [2.24, 2.45) is 0 Å². The molecule has 1 N–H and O–H groups in total. The second-order valence-electron chi connectivity index (χ2n) is 4.66. The smallest absolute Gasteiger partial charge is 0.257 e. The fourth-order valence-corrected chi connectivity index (χ4v) is 5.02. The van der Waals surface area contributed by atoms with Crippen LogP contribution in [0.5, 0.6) is 0 Å². The number of fused-ring (bicyclic) bond motifs is 1. The molecule has 1 aliphatic heterocycles. The molecule has 0 fully saturated rings. The average molecular weight is 322 g/mol. The molecule has 2 rings (SSSR count). The van der Waals surface area contributed by atoms with Crippen molar-refractivity contribution in [3.8, 4) is 0 Å². The first-order valence-electron chi connectivity index (χ1n) is 6.15. The monoisotopic (exact) mass is 322 g/mol. The van der Waals surface area contributed by atoms with Crippen LogP contribution in [0.15, 0.2) is 0 Å². The third kappa shape index (κ3) is 2.65. The van der Waals surface area contributed by atoms with Gasteiger partial charge in [0.15, 0.2) is 0 Å². The van der Waals surface area contributed by atoms with Gasteiger partial charge in [-0.2, -0.15) is 0 Å². The topological polar surface area (TPSA) is 47.9 Å². The standard InChI is InChI=1S/C12H18O4S3/c1-5-14-9(15-6-2)12(13)8-7(11(3,4)16-12)18-10(17)19-8/h9,13H,5-6H2,1-4H3. The van der Waals surface area contributed by atoms with Crippen LogP contribution in [0.4, 0.5) is 0 Å². The molecule has 0 amide bonds. The van der Waals surface area contributed by atoms with Crippen molar-refractivity contribution in [1.82, 2.24) is 0 Å². The minimum absolute atomic E-state index is 0.432. The Morgan fingerprint density at radius 1 is 1.21 bits per heavy atom. The van der Waals surface area contributed by atoms with E-state index in [1.165, 1.54) is 22.7 Å². The molecule has 0 saturated heterocycles. The molecule has 0 spiro atoms. The lowest BCUT2D eigenvalue weighted by molar-refractivity contribution is -0.358. The Labute approximate surface area is 125 Å². The molecular weight excluding hydrogens is 304 g/mol. The first kappa shape index (κ1) is 15.5. The molecule has 1 atom stereocenters. The Bertz CT molecular complexity index is 501. The first-order valence-corrected chi connectivity index (χ1v) is 8.20. The lowest BCUT2D eigenvalue weighted by Gasteiger charge is -2.33. The molecule has 0 aromatic carbocycles. The van der Waals surface area contributed by atoms with E-state index < -0.39 is 17.7 Å². The van der Waals surface area contributed by atoms with Gasteiger partial charge in [-0.15, -0.1) is 22.7 Å². The summed E-state index contributed by atoms with van der Waals surface area (Å²) in [7, 11) is 0. The van der Waals surface area contributed by atoms with Crippen LogP contribution in [0.3, 0.4) is 0 Å². The van der Waals surface area contributed by atoms with Gasteiger partial charge in [-0.1, -0.05) is 12.2 Å². The van der Waals surface area contributed by atoms with Crippen molar-refractivity contribution in [3.63, 3.8) is 0 Å². The zero-order valence-corrected chi connectivity index (χ0v) is 13.8. The number of hydrogen-bond acceptors (Lipinski definition) is 7. The maximum atomic E-state index is 10.9. The molecule has 108 valence electrons. The lowest BCUT2D eigenvalue weighted by atomic mass is 10.1. The maximum Gasteiger partial charge on any atom is 0.257 e. The van der Waals surface area contributed by atoms with E-state index in [2.05, 4.69) is 0 Å². The molecule has 7 heteroatoms. The van der Waals surface area contributed by atoms with Gasteiger partial charge in [0.1, 0.15) is 8.74 Å². The van der Waals surface area contributed by atoms with Gasteiger partial charge in [0.2, 0.25) is 6.29 Å². The molecule has 1 unspecified atom stereocenters. The van der Waals surface area contributed by atoms with Gasteiger partial charge < -0.3 is 19.3 Å². The first-order chi connectivity index (χ1) is 8.85. The highest BCUT2D eigenvalue weighted by atomic mass is 32.2. The predicted molar refractivity (Wildman–Crippen MR) is 78.1 cm³/mol. The molecule has 0 bridgehead atoms. The summed E-state index contributed by atoms with van der Waals surface area (Å²) >= 11 is 8.07. The Morgan fingerprint density at radius 2 is 1.74 bits per heavy atom. The molecule has 1 aromatic heterocycles. The molecule has 0 aliphatic carbocycles. The van der Waals surface area contributed by atoms with E-state index in [1.807, 2.05) is 27.7 Å². The summed E-state index contributed by atoms with van der Waals surface area (Å²) in [5.74, 6) is -1.58. The molecule has 0 radical (unpaired) electrons. The SMILES string of the molecule is CCOC(OCC)C1(O)OC(C)(C)c2sc(=S)sc21. The van der Waals surface area contributed by atoms with Crippen molar-refractivity contribution >= 4 is 34.9 Å². The highest BCUT2D eigenvalue weighted by molar-refractivity contribution is 7.76. The molecular formula is C12H18O4S3. The fraction of sp³-hybridized carbons (Fsp3) is 0.750. The van der Waals surface area contributed by atoms with Crippen LogP contribution in [-0.4, -0.2) is 24.6 Å². The highest BCUT2D eigenvalue weighted by Gasteiger charge is 2.56. The minimum Gasteiger partial charge on any atom is -0.357 e. The maximum absolute atomic E-state index is 10.9. The number of rotatable bonds is 5. The van der Waals surface area contributed by atoms with E-state index in [9.17, 15) is 5.11 Å². The normalized spacial score (nSPS) is 24.9. The number of aliphatic hydroxyl groups is 1. The molecule has 1 aromatic rings. The molecule has 0 saturated carbocycles. The van der Waals surface area contributed by atoms with E-state index >= 15 is 0 Å². The van der Waals surface area contributed by atoms with Gasteiger partial charge in [0.05, 0.1) is 9.75 Å². The van der Waals surface area contributed by atoms with E-state index in [-0.39, 0.29) is 0 Å². The third-order valence-electron chi connectivity index (χ3n) is 2.82. The van der Waals surface area contributed by atoms with E-state index in [0.29, 0.717) is 18.1 Å². The van der Waals surface area contributed by atoms with Gasteiger partial charge >= 0.3 is 0 Å². The van der Waals surface area contributed by atoms with Crippen LogP contribution in [-0.2, 0) is 25.6 Å². The predicted octanol–water partition coefficient (Wildman–Crippen LogP) is 3.35. The summed E-state index contributed by atoms with van der Waals surface area (Å²) in [6, 6.07) is 0. The van der Waals surface area contributed by atoms with Gasteiger partial charge in [0, 0.05) is 13.2 Å². The van der Waals surface area contributed by atoms with Crippen molar-refractivity contribution in [2.45, 2.75) is 45.4 Å². The summed E-state index contributed by atoms with van der Waals surface area (Å²) < 4.78 is 17.6. The summed E-state index contributed by atoms with van der Waals surface area (Å²) in [5.41, 5.74) is -0.589. The lowest BCUT2D eigenvalue weighted by Crippen LogP contribution is -2.44. The van der Waals surface area contributed by atoms with Crippen LogP contribution >= 0.6 is 34.9 Å². The largest absolute Gasteiger partial charge is 0.357 e. The van der Waals surface area contributed by atoms with Crippen LogP contribution < -0.4 is 0 Å². The van der Waals surface area contributed by atoms with Crippen molar-refractivity contribution in [1.29, 1.82) is 0 Å². The summed E-state index contributed by atoms with van der Waals surface area (Å²) in [6.45, 7) is 8.40. The van der Waals surface area contributed by atoms with Gasteiger partial charge in [0.25, 0.3) is 5.79 Å². The Balaban J connectivity index is 2.46. The zero-order valence-electron chi connectivity index (χ0n) is 11.4. The van der Waals surface area contributed by atoms with Crippen molar-refractivity contribution in [2.75, 3.05) is 13.2 Å².